The molecule has 0 bridgehead atoms. The Hall–Kier alpha value is -0.610. The Kier molecular flexibility index (Phi) is 5.45. The van der Waals surface area contributed by atoms with E-state index in [-0.39, 0.29) is 0 Å². The fourth-order valence-corrected chi connectivity index (χ4v) is 2.80. The van der Waals surface area contributed by atoms with Crippen LogP contribution in [0, 0.1) is 0 Å². The molecule has 0 saturated carbocycles. The summed E-state index contributed by atoms with van der Waals surface area (Å²) in [5.41, 5.74) is 0. The van der Waals surface area contributed by atoms with Gasteiger partial charge < -0.3 is 15.0 Å². The fraction of sp³-hybridized carbons (Fsp3) is 0.929. The average molecular weight is 254 g/mol. The Morgan fingerprint density at radius 3 is 2.72 bits per heavy atom. The molecular formula is C14H26N2O2. The van der Waals surface area contributed by atoms with Crippen LogP contribution in [-0.2, 0) is 9.53 Å². The molecule has 1 N–H and O–H groups in total. The van der Waals surface area contributed by atoms with Crippen molar-refractivity contribution in [3.8, 4) is 0 Å². The van der Waals surface area contributed by atoms with Crippen LogP contribution in [0.25, 0.3) is 0 Å². The predicted octanol–water partition coefficient (Wildman–Crippen LogP) is 1.55. The van der Waals surface area contributed by atoms with Crippen molar-refractivity contribution in [3.05, 3.63) is 0 Å². The van der Waals surface area contributed by atoms with Crippen molar-refractivity contribution in [1.29, 1.82) is 0 Å². The maximum atomic E-state index is 11.9. The van der Waals surface area contributed by atoms with Gasteiger partial charge in [0.25, 0.3) is 0 Å². The highest BCUT2D eigenvalue weighted by molar-refractivity contribution is 5.76. The highest BCUT2D eigenvalue weighted by atomic mass is 16.5. The molecule has 2 saturated heterocycles. The lowest BCUT2D eigenvalue weighted by Gasteiger charge is -2.26. The molecule has 104 valence electrons. The molecule has 2 aliphatic heterocycles. The summed E-state index contributed by atoms with van der Waals surface area (Å²) >= 11 is 0. The van der Waals surface area contributed by atoms with Crippen LogP contribution in [0.4, 0.5) is 0 Å². The number of carbonyl (C=O) groups excluding carboxylic acids is 1. The van der Waals surface area contributed by atoms with Gasteiger partial charge in [-0.2, -0.15) is 0 Å². The summed E-state index contributed by atoms with van der Waals surface area (Å²) in [5.74, 6) is 0.308. The van der Waals surface area contributed by atoms with E-state index < -0.39 is 0 Å². The number of hydrogen-bond acceptors (Lipinski definition) is 3. The van der Waals surface area contributed by atoms with Crippen molar-refractivity contribution in [3.63, 3.8) is 0 Å². The van der Waals surface area contributed by atoms with E-state index in [1.807, 2.05) is 4.90 Å². The molecule has 2 heterocycles. The first-order valence-electron chi connectivity index (χ1n) is 7.39. The zero-order chi connectivity index (χ0) is 12.8. The van der Waals surface area contributed by atoms with E-state index in [9.17, 15) is 4.79 Å². The molecule has 0 spiro atoms. The van der Waals surface area contributed by atoms with Gasteiger partial charge in [0.1, 0.15) is 0 Å². The second-order valence-corrected chi connectivity index (χ2v) is 5.54. The zero-order valence-corrected chi connectivity index (χ0v) is 11.5. The standard InChI is InChI=1S/C14H26N2O2/c1-12-5-6-13(18-12)11-15-8-7-14(17)16-9-3-2-4-10-16/h12-13,15H,2-11H2,1H3. The molecule has 2 unspecified atom stereocenters. The number of likely N-dealkylation sites (tertiary alicyclic amines) is 1. The summed E-state index contributed by atoms with van der Waals surface area (Å²) in [7, 11) is 0. The molecule has 0 radical (unpaired) electrons. The van der Waals surface area contributed by atoms with Crippen molar-refractivity contribution >= 4 is 5.91 Å². The molecule has 0 aromatic heterocycles. The van der Waals surface area contributed by atoms with E-state index in [1.165, 1.54) is 25.7 Å². The topological polar surface area (TPSA) is 41.6 Å². The summed E-state index contributed by atoms with van der Waals surface area (Å²) in [6.07, 6.45) is 7.33. The van der Waals surface area contributed by atoms with Crippen LogP contribution in [0.5, 0.6) is 0 Å². The zero-order valence-electron chi connectivity index (χ0n) is 11.5. The minimum Gasteiger partial charge on any atom is -0.374 e. The summed E-state index contributed by atoms with van der Waals surface area (Å²) in [4.78, 5) is 13.9. The van der Waals surface area contributed by atoms with Crippen LogP contribution in [0.1, 0.15) is 45.4 Å². The van der Waals surface area contributed by atoms with Gasteiger partial charge in [-0.25, -0.2) is 0 Å². The van der Waals surface area contributed by atoms with Crippen molar-refractivity contribution in [2.24, 2.45) is 0 Å². The summed E-state index contributed by atoms with van der Waals surface area (Å²) in [5, 5.41) is 3.35. The van der Waals surface area contributed by atoms with Crippen molar-refractivity contribution < 1.29 is 9.53 Å². The molecule has 1 amide bonds. The van der Waals surface area contributed by atoms with Crippen LogP contribution in [0.2, 0.25) is 0 Å². The maximum absolute atomic E-state index is 11.9. The molecule has 2 rings (SSSR count). The number of carbonyl (C=O) groups is 1. The van der Waals surface area contributed by atoms with Gasteiger partial charge in [0.15, 0.2) is 0 Å². The van der Waals surface area contributed by atoms with Crippen LogP contribution in [0.15, 0.2) is 0 Å². The first kappa shape index (κ1) is 13.8. The van der Waals surface area contributed by atoms with Crippen molar-refractivity contribution in [1.82, 2.24) is 10.2 Å². The Morgan fingerprint density at radius 2 is 2.06 bits per heavy atom. The molecule has 4 nitrogen and oxygen atoms in total. The molecular weight excluding hydrogens is 228 g/mol. The van der Waals surface area contributed by atoms with E-state index in [2.05, 4.69) is 12.2 Å². The quantitative estimate of drug-likeness (QED) is 0.757. The lowest BCUT2D eigenvalue weighted by molar-refractivity contribution is -0.132. The lowest BCUT2D eigenvalue weighted by atomic mass is 10.1. The molecule has 0 aromatic rings. The normalized spacial score (nSPS) is 28.6. The third-order valence-corrected chi connectivity index (χ3v) is 3.92. The van der Waals surface area contributed by atoms with Gasteiger partial charge in [0.2, 0.25) is 5.91 Å². The van der Waals surface area contributed by atoms with E-state index in [0.29, 0.717) is 24.5 Å². The molecule has 0 aliphatic carbocycles. The van der Waals surface area contributed by atoms with Gasteiger partial charge in [-0.3, -0.25) is 4.79 Å². The van der Waals surface area contributed by atoms with E-state index in [4.69, 9.17) is 4.74 Å². The van der Waals surface area contributed by atoms with Crippen LogP contribution < -0.4 is 5.32 Å². The average Bonchev–Trinajstić information content (AvgIpc) is 2.81. The minimum absolute atomic E-state index is 0.308. The van der Waals surface area contributed by atoms with Gasteiger partial charge in [-0.1, -0.05) is 0 Å². The Labute approximate surface area is 110 Å². The monoisotopic (exact) mass is 254 g/mol. The fourth-order valence-electron chi connectivity index (χ4n) is 2.80. The number of piperidine rings is 1. The molecule has 2 aliphatic rings. The summed E-state index contributed by atoms with van der Waals surface area (Å²) < 4.78 is 5.73. The van der Waals surface area contributed by atoms with Gasteiger partial charge in [0.05, 0.1) is 12.2 Å². The molecule has 4 heteroatoms. The number of nitrogens with one attached hydrogen (secondary N) is 1. The smallest absolute Gasteiger partial charge is 0.223 e. The van der Waals surface area contributed by atoms with Crippen molar-refractivity contribution in [2.75, 3.05) is 26.2 Å². The third kappa shape index (κ3) is 4.25. The van der Waals surface area contributed by atoms with E-state index in [1.54, 1.807) is 0 Å². The first-order chi connectivity index (χ1) is 8.75. The molecule has 2 fully saturated rings. The highest BCUT2D eigenvalue weighted by Gasteiger charge is 2.21. The Bertz CT molecular complexity index is 265. The van der Waals surface area contributed by atoms with Gasteiger partial charge in [-0.05, 0) is 39.0 Å². The van der Waals surface area contributed by atoms with Gasteiger partial charge in [-0.15, -0.1) is 0 Å². The SMILES string of the molecule is CC1CCC(CNCCC(=O)N2CCCCC2)O1. The lowest BCUT2D eigenvalue weighted by Crippen LogP contribution is -2.37. The van der Waals surface area contributed by atoms with Gasteiger partial charge >= 0.3 is 0 Å². The van der Waals surface area contributed by atoms with Gasteiger partial charge in [0, 0.05) is 32.6 Å². The second kappa shape index (κ2) is 7.10. The third-order valence-electron chi connectivity index (χ3n) is 3.92. The van der Waals surface area contributed by atoms with E-state index in [0.717, 1.165) is 32.6 Å². The van der Waals surface area contributed by atoms with Crippen molar-refractivity contribution in [2.45, 2.75) is 57.7 Å². The van der Waals surface area contributed by atoms with Crippen LogP contribution in [0.3, 0.4) is 0 Å². The molecule has 18 heavy (non-hydrogen) atoms. The van der Waals surface area contributed by atoms with E-state index >= 15 is 0 Å². The largest absolute Gasteiger partial charge is 0.374 e. The Balaban J connectivity index is 1.53. The first-order valence-corrected chi connectivity index (χ1v) is 7.39. The van der Waals surface area contributed by atoms with Crippen LogP contribution in [-0.4, -0.2) is 49.2 Å². The Morgan fingerprint density at radius 1 is 1.28 bits per heavy atom. The number of rotatable bonds is 5. The highest BCUT2D eigenvalue weighted by Crippen LogP contribution is 2.18. The number of ether oxygens (including phenoxy) is 1. The second-order valence-electron chi connectivity index (χ2n) is 5.54. The summed E-state index contributed by atoms with van der Waals surface area (Å²) in [6.45, 7) is 5.71. The molecule has 2 atom stereocenters. The maximum Gasteiger partial charge on any atom is 0.223 e. The van der Waals surface area contributed by atoms with Crippen LogP contribution >= 0.6 is 0 Å². The number of nitrogens with zero attached hydrogens (tertiary/aromatic N) is 1. The number of hydrogen-bond donors (Lipinski definition) is 1. The minimum atomic E-state index is 0.308. The summed E-state index contributed by atoms with van der Waals surface area (Å²) in [6, 6.07) is 0. The predicted molar refractivity (Wildman–Crippen MR) is 71.5 cm³/mol. The molecule has 0 aromatic carbocycles. The number of amides is 1.